The lowest BCUT2D eigenvalue weighted by atomic mass is 10.1. The maximum Gasteiger partial charge on any atom is 0.133 e. The minimum atomic E-state index is 0.0530. The molecule has 0 radical (unpaired) electrons. The van der Waals surface area contributed by atoms with Gasteiger partial charge in [-0.1, -0.05) is 6.07 Å². The van der Waals surface area contributed by atoms with E-state index in [1.807, 2.05) is 18.2 Å². The Hall–Kier alpha value is -0.580. The molecule has 2 N–H and O–H groups in total. The maximum absolute atomic E-state index is 5.52. The summed E-state index contributed by atoms with van der Waals surface area (Å²) >= 11 is 3.44. The van der Waals surface area contributed by atoms with Gasteiger partial charge in [0.25, 0.3) is 0 Å². The van der Waals surface area contributed by atoms with Crippen LogP contribution in [0.4, 0.5) is 0 Å². The largest absolute Gasteiger partial charge is 0.496 e. The van der Waals surface area contributed by atoms with Crippen LogP contribution in [0.25, 0.3) is 0 Å². The second kappa shape index (κ2) is 6.10. The van der Waals surface area contributed by atoms with E-state index >= 15 is 0 Å². The number of hydrogen-bond donors (Lipinski definition) is 1. The van der Waals surface area contributed by atoms with Crippen molar-refractivity contribution < 1.29 is 9.47 Å². The van der Waals surface area contributed by atoms with Crippen LogP contribution in [0.5, 0.6) is 5.75 Å². The van der Waals surface area contributed by atoms with Gasteiger partial charge >= 0.3 is 0 Å². The fourth-order valence-electron chi connectivity index (χ4n) is 1.45. The first-order valence-corrected chi connectivity index (χ1v) is 5.58. The van der Waals surface area contributed by atoms with Gasteiger partial charge in [0.2, 0.25) is 0 Å². The maximum atomic E-state index is 5.52. The smallest absolute Gasteiger partial charge is 0.133 e. The summed E-state index contributed by atoms with van der Waals surface area (Å²) in [4.78, 5) is 0. The Morgan fingerprint density at radius 3 is 2.60 bits per heavy atom. The number of ether oxygens (including phenoxy) is 2. The highest BCUT2D eigenvalue weighted by Crippen LogP contribution is 2.29. The van der Waals surface area contributed by atoms with E-state index in [0.29, 0.717) is 6.54 Å². The number of hydrogen-bond acceptors (Lipinski definition) is 3. The number of halogens is 1. The van der Waals surface area contributed by atoms with Crippen LogP contribution in [-0.2, 0) is 4.74 Å². The quantitative estimate of drug-likeness (QED) is 0.897. The molecule has 84 valence electrons. The van der Waals surface area contributed by atoms with Crippen molar-refractivity contribution in [3.8, 4) is 5.75 Å². The van der Waals surface area contributed by atoms with Gasteiger partial charge in [-0.05, 0) is 46.6 Å². The van der Waals surface area contributed by atoms with Gasteiger partial charge in [-0.3, -0.25) is 0 Å². The lowest BCUT2D eigenvalue weighted by molar-refractivity contribution is 0.0977. The first kappa shape index (κ1) is 12.5. The minimum absolute atomic E-state index is 0.0530. The summed E-state index contributed by atoms with van der Waals surface area (Å²) in [7, 11) is 3.34. The summed E-state index contributed by atoms with van der Waals surface area (Å²) in [6.45, 7) is 0.613. The van der Waals surface area contributed by atoms with Crippen LogP contribution in [0.15, 0.2) is 22.7 Å². The molecule has 4 heteroatoms. The summed E-state index contributed by atoms with van der Waals surface area (Å²) in [5.41, 5.74) is 6.63. The summed E-state index contributed by atoms with van der Waals surface area (Å²) in [6.07, 6.45) is 0.868. The Morgan fingerprint density at radius 1 is 1.40 bits per heavy atom. The summed E-state index contributed by atoms with van der Waals surface area (Å²) in [5, 5.41) is 0. The molecule has 0 fully saturated rings. The zero-order valence-electron chi connectivity index (χ0n) is 9.00. The van der Waals surface area contributed by atoms with Crippen LogP contribution in [-0.4, -0.2) is 20.8 Å². The highest BCUT2D eigenvalue weighted by molar-refractivity contribution is 9.10. The molecule has 0 amide bonds. The van der Waals surface area contributed by atoms with E-state index in [4.69, 9.17) is 15.2 Å². The average molecular weight is 274 g/mol. The topological polar surface area (TPSA) is 44.5 Å². The number of rotatable bonds is 5. The molecule has 0 aliphatic heterocycles. The zero-order valence-corrected chi connectivity index (χ0v) is 10.6. The third-order valence-corrected chi connectivity index (χ3v) is 2.88. The molecule has 0 bridgehead atoms. The third kappa shape index (κ3) is 3.19. The van der Waals surface area contributed by atoms with E-state index in [1.165, 1.54) is 0 Å². The Balaban J connectivity index is 2.89. The number of methoxy groups -OCH3 is 2. The molecule has 0 saturated carbocycles. The van der Waals surface area contributed by atoms with Crippen molar-refractivity contribution in [2.45, 2.75) is 12.5 Å². The van der Waals surface area contributed by atoms with Crippen LogP contribution >= 0.6 is 15.9 Å². The number of benzene rings is 1. The van der Waals surface area contributed by atoms with Gasteiger partial charge in [0, 0.05) is 7.11 Å². The molecule has 0 aromatic heterocycles. The summed E-state index contributed by atoms with van der Waals surface area (Å²) in [5.74, 6) is 0.821. The van der Waals surface area contributed by atoms with Crippen molar-refractivity contribution in [3.05, 3.63) is 28.2 Å². The molecule has 1 rings (SSSR count). The zero-order chi connectivity index (χ0) is 11.3. The van der Waals surface area contributed by atoms with Gasteiger partial charge in [-0.2, -0.15) is 0 Å². The second-order valence-corrected chi connectivity index (χ2v) is 4.05. The lowest BCUT2D eigenvalue weighted by Gasteiger charge is -2.15. The highest BCUT2D eigenvalue weighted by Gasteiger charge is 2.11. The summed E-state index contributed by atoms with van der Waals surface area (Å²) in [6, 6.07) is 5.91. The molecule has 0 saturated heterocycles. The standard InChI is InChI=1S/C11H16BrNO2/c1-14-10(5-6-13)8-3-4-11(15-2)9(12)7-8/h3-4,7,10H,5-6,13H2,1-2H3. The van der Waals surface area contributed by atoms with Gasteiger partial charge in [0.05, 0.1) is 17.7 Å². The molecule has 1 atom stereocenters. The van der Waals surface area contributed by atoms with Crippen molar-refractivity contribution >= 4 is 15.9 Å². The monoisotopic (exact) mass is 273 g/mol. The molecule has 15 heavy (non-hydrogen) atoms. The molecule has 0 aliphatic carbocycles. The van der Waals surface area contributed by atoms with Crippen molar-refractivity contribution in [2.75, 3.05) is 20.8 Å². The van der Waals surface area contributed by atoms with Crippen molar-refractivity contribution in [1.82, 2.24) is 0 Å². The SMILES string of the molecule is COc1ccc(C(CCN)OC)cc1Br. The van der Waals surface area contributed by atoms with Gasteiger partial charge in [-0.25, -0.2) is 0 Å². The molecule has 0 heterocycles. The van der Waals surface area contributed by atoms with Crippen LogP contribution in [0.3, 0.4) is 0 Å². The molecule has 1 unspecified atom stereocenters. The first-order valence-electron chi connectivity index (χ1n) is 4.79. The molecule has 0 spiro atoms. The Morgan fingerprint density at radius 2 is 2.13 bits per heavy atom. The van der Waals surface area contributed by atoms with Gasteiger partial charge in [0.1, 0.15) is 5.75 Å². The average Bonchev–Trinajstić information content (AvgIpc) is 2.25. The second-order valence-electron chi connectivity index (χ2n) is 3.20. The molecular weight excluding hydrogens is 258 g/mol. The van der Waals surface area contributed by atoms with E-state index < -0.39 is 0 Å². The fraction of sp³-hybridized carbons (Fsp3) is 0.455. The normalized spacial score (nSPS) is 12.5. The van der Waals surface area contributed by atoms with E-state index in [2.05, 4.69) is 15.9 Å². The van der Waals surface area contributed by atoms with Gasteiger partial charge in [0.15, 0.2) is 0 Å². The first-order chi connectivity index (χ1) is 7.22. The van der Waals surface area contributed by atoms with E-state index in [-0.39, 0.29) is 6.10 Å². The lowest BCUT2D eigenvalue weighted by Crippen LogP contribution is -2.09. The molecule has 3 nitrogen and oxygen atoms in total. The van der Waals surface area contributed by atoms with E-state index in [1.54, 1.807) is 14.2 Å². The molecular formula is C11H16BrNO2. The van der Waals surface area contributed by atoms with Crippen LogP contribution in [0, 0.1) is 0 Å². The van der Waals surface area contributed by atoms with Gasteiger partial charge in [-0.15, -0.1) is 0 Å². The molecule has 1 aromatic rings. The number of nitrogens with two attached hydrogens (primary N) is 1. The molecule has 0 aliphatic rings. The Bertz CT molecular complexity index is 317. The van der Waals surface area contributed by atoms with Crippen LogP contribution in [0.1, 0.15) is 18.1 Å². The Labute approximate surface area is 98.7 Å². The predicted octanol–water partition coefficient (Wildman–Crippen LogP) is 2.49. The van der Waals surface area contributed by atoms with Crippen LogP contribution in [0.2, 0.25) is 0 Å². The predicted molar refractivity (Wildman–Crippen MR) is 64.1 cm³/mol. The van der Waals surface area contributed by atoms with Crippen molar-refractivity contribution in [3.63, 3.8) is 0 Å². The van der Waals surface area contributed by atoms with Crippen molar-refractivity contribution in [2.24, 2.45) is 5.73 Å². The van der Waals surface area contributed by atoms with E-state index in [9.17, 15) is 0 Å². The summed E-state index contributed by atoms with van der Waals surface area (Å²) < 4.78 is 11.5. The highest BCUT2D eigenvalue weighted by atomic mass is 79.9. The fourth-order valence-corrected chi connectivity index (χ4v) is 2.01. The van der Waals surface area contributed by atoms with Crippen LogP contribution < -0.4 is 10.5 Å². The Kier molecular flexibility index (Phi) is 5.08. The minimum Gasteiger partial charge on any atom is -0.496 e. The van der Waals surface area contributed by atoms with Crippen molar-refractivity contribution in [1.29, 1.82) is 0 Å². The molecule has 1 aromatic carbocycles. The van der Waals surface area contributed by atoms with E-state index in [0.717, 1.165) is 22.2 Å². The van der Waals surface area contributed by atoms with Gasteiger partial charge < -0.3 is 15.2 Å². The third-order valence-electron chi connectivity index (χ3n) is 2.26.